The molecule has 0 aliphatic rings. The summed E-state index contributed by atoms with van der Waals surface area (Å²) in [6, 6.07) is 15.8. The Morgan fingerprint density at radius 3 is 2.62 bits per heavy atom. The minimum atomic E-state index is 0.802. The van der Waals surface area contributed by atoms with Crippen molar-refractivity contribution in [2.45, 2.75) is 10.6 Å². The molecule has 2 aromatic carbocycles. The topological polar surface area (TPSA) is 26.0 Å². The van der Waals surface area contributed by atoms with Gasteiger partial charge in [-0.25, -0.2) is 0 Å². The zero-order valence-electron chi connectivity index (χ0n) is 8.69. The van der Waals surface area contributed by atoms with Crippen LogP contribution in [-0.4, -0.2) is 0 Å². The third-order valence-corrected chi connectivity index (χ3v) is 3.77. The summed E-state index contributed by atoms with van der Waals surface area (Å²) in [5.74, 6) is 0.884. The molecule has 0 amide bonds. The van der Waals surface area contributed by atoms with Crippen LogP contribution in [-0.2, 0) is 5.75 Å². The summed E-state index contributed by atoms with van der Waals surface area (Å²) < 4.78 is 0. The molecule has 16 heavy (non-hydrogen) atoms. The third kappa shape index (κ3) is 2.94. The third-order valence-electron chi connectivity index (χ3n) is 2.18. The van der Waals surface area contributed by atoms with Crippen LogP contribution in [0.1, 0.15) is 5.56 Å². The van der Waals surface area contributed by atoms with Crippen LogP contribution in [0, 0.1) is 0 Å². The molecule has 0 aromatic heterocycles. The van der Waals surface area contributed by atoms with Gasteiger partial charge in [0.2, 0.25) is 0 Å². The van der Waals surface area contributed by atoms with Gasteiger partial charge in [-0.2, -0.15) is 0 Å². The van der Waals surface area contributed by atoms with Crippen LogP contribution in [0.15, 0.2) is 53.4 Å². The summed E-state index contributed by atoms with van der Waals surface area (Å²) >= 11 is 7.80. The second-order valence-corrected chi connectivity index (χ2v) is 4.89. The Morgan fingerprint density at radius 1 is 1.06 bits per heavy atom. The molecule has 0 saturated heterocycles. The summed E-state index contributed by atoms with van der Waals surface area (Å²) in [5.41, 5.74) is 7.74. The maximum absolute atomic E-state index is 6.08. The van der Waals surface area contributed by atoms with E-state index in [1.54, 1.807) is 11.8 Å². The van der Waals surface area contributed by atoms with Crippen molar-refractivity contribution >= 4 is 29.1 Å². The Balaban J connectivity index is 2.05. The van der Waals surface area contributed by atoms with Crippen LogP contribution in [0.25, 0.3) is 0 Å². The fourth-order valence-electron chi connectivity index (χ4n) is 1.41. The standard InChI is InChI=1S/C13H12ClNS/c14-12-6-1-2-7-13(12)16-9-10-4-3-5-11(15)8-10/h1-8H,9,15H2. The van der Waals surface area contributed by atoms with Gasteiger partial charge >= 0.3 is 0 Å². The Morgan fingerprint density at radius 2 is 1.88 bits per heavy atom. The second-order valence-electron chi connectivity index (χ2n) is 3.46. The number of rotatable bonds is 3. The van der Waals surface area contributed by atoms with Crippen LogP contribution in [0.5, 0.6) is 0 Å². The van der Waals surface area contributed by atoms with E-state index in [1.165, 1.54) is 5.56 Å². The van der Waals surface area contributed by atoms with Gasteiger partial charge < -0.3 is 5.73 Å². The van der Waals surface area contributed by atoms with Crippen LogP contribution < -0.4 is 5.73 Å². The molecule has 82 valence electrons. The van der Waals surface area contributed by atoms with Gasteiger partial charge in [0.1, 0.15) is 0 Å². The lowest BCUT2D eigenvalue weighted by Gasteiger charge is -2.04. The van der Waals surface area contributed by atoms with E-state index in [0.29, 0.717) is 0 Å². The van der Waals surface area contributed by atoms with E-state index >= 15 is 0 Å². The predicted octanol–water partition coefficient (Wildman–Crippen LogP) is 4.21. The summed E-state index contributed by atoms with van der Waals surface area (Å²) in [7, 11) is 0. The quantitative estimate of drug-likeness (QED) is 0.651. The van der Waals surface area contributed by atoms with Gasteiger partial charge in [0.25, 0.3) is 0 Å². The smallest absolute Gasteiger partial charge is 0.0541 e. The number of thioether (sulfide) groups is 1. The molecule has 0 unspecified atom stereocenters. The molecule has 0 spiro atoms. The van der Waals surface area contributed by atoms with Crippen molar-refractivity contribution in [2.75, 3.05) is 5.73 Å². The monoisotopic (exact) mass is 249 g/mol. The van der Waals surface area contributed by atoms with Crippen molar-refractivity contribution in [1.29, 1.82) is 0 Å². The van der Waals surface area contributed by atoms with Crippen molar-refractivity contribution in [3.05, 3.63) is 59.1 Å². The Bertz CT molecular complexity index is 485. The molecule has 3 heteroatoms. The summed E-state index contributed by atoms with van der Waals surface area (Å²) in [5, 5.41) is 0.802. The number of nitrogens with two attached hydrogens (primary N) is 1. The van der Waals surface area contributed by atoms with Crippen LogP contribution in [0.2, 0.25) is 5.02 Å². The molecular formula is C13H12ClNS. The highest BCUT2D eigenvalue weighted by Crippen LogP contribution is 2.29. The first-order valence-corrected chi connectivity index (χ1v) is 6.34. The second kappa shape index (κ2) is 5.28. The number of nitrogen functional groups attached to an aromatic ring is 1. The Kier molecular flexibility index (Phi) is 3.75. The average Bonchev–Trinajstić information content (AvgIpc) is 2.28. The highest BCUT2D eigenvalue weighted by molar-refractivity contribution is 7.98. The summed E-state index contributed by atoms with van der Waals surface area (Å²) in [4.78, 5) is 1.10. The number of benzene rings is 2. The molecule has 1 nitrogen and oxygen atoms in total. The lowest BCUT2D eigenvalue weighted by Crippen LogP contribution is -1.86. The number of halogens is 1. The molecule has 0 bridgehead atoms. The lowest BCUT2D eigenvalue weighted by atomic mass is 10.2. The SMILES string of the molecule is Nc1cccc(CSc2ccccc2Cl)c1. The van der Waals surface area contributed by atoms with E-state index in [0.717, 1.165) is 21.4 Å². The van der Waals surface area contributed by atoms with Crippen molar-refractivity contribution in [1.82, 2.24) is 0 Å². The van der Waals surface area contributed by atoms with Crippen LogP contribution in [0.4, 0.5) is 5.69 Å². The maximum atomic E-state index is 6.08. The van der Waals surface area contributed by atoms with Crippen LogP contribution in [0.3, 0.4) is 0 Å². The molecule has 2 aromatic rings. The van der Waals surface area contributed by atoms with E-state index in [1.807, 2.05) is 42.5 Å². The molecule has 0 atom stereocenters. The minimum absolute atomic E-state index is 0.802. The first kappa shape index (κ1) is 11.4. The average molecular weight is 250 g/mol. The number of hydrogen-bond donors (Lipinski definition) is 1. The number of hydrogen-bond acceptors (Lipinski definition) is 2. The van der Waals surface area contributed by atoms with Crippen molar-refractivity contribution in [3.8, 4) is 0 Å². The van der Waals surface area contributed by atoms with E-state index in [2.05, 4.69) is 6.07 Å². The van der Waals surface area contributed by atoms with Gasteiger partial charge in [0, 0.05) is 16.3 Å². The molecule has 0 heterocycles. The van der Waals surface area contributed by atoms with Crippen LogP contribution >= 0.6 is 23.4 Å². The molecule has 0 fully saturated rings. The first-order chi connectivity index (χ1) is 7.75. The fourth-order valence-corrected chi connectivity index (χ4v) is 2.59. The number of anilines is 1. The molecule has 0 radical (unpaired) electrons. The zero-order chi connectivity index (χ0) is 11.4. The van der Waals surface area contributed by atoms with Gasteiger partial charge in [-0.05, 0) is 29.8 Å². The molecule has 0 aliphatic heterocycles. The predicted molar refractivity (Wildman–Crippen MR) is 71.9 cm³/mol. The minimum Gasteiger partial charge on any atom is -0.399 e. The van der Waals surface area contributed by atoms with Gasteiger partial charge in [-0.1, -0.05) is 35.9 Å². The van der Waals surface area contributed by atoms with Gasteiger partial charge in [-0.3, -0.25) is 0 Å². The van der Waals surface area contributed by atoms with Gasteiger partial charge in [0.15, 0.2) is 0 Å². The highest BCUT2D eigenvalue weighted by Gasteiger charge is 2.00. The lowest BCUT2D eigenvalue weighted by molar-refractivity contribution is 1.38. The molecule has 2 N–H and O–H groups in total. The first-order valence-electron chi connectivity index (χ1n) is 4.97. The van der Waals surface area contributed by atoms with E-state index in [9.17, 15) is 0 Å². The maximum Gasteiger partial charge on any atom is 0.0541 e. The molecule has 0 saturated carbocycles. The largest absolute Gasteiger partial charge is 0.399 e. The van der Waals surface area contributed by atoms with E-state index < -0.39 is 0 Å². The zero-order valence-corrected chi connectivity index (χ0v) is 10.3. The summed E-state index contributed by atoms with van der Waals surface area (Å²) in [6.45, 7) is 0. The van der Waals surface area contributed by atoms with E-state index in [-0.39, 0.29) is 0 Å². The van der Waals surface area contributed by atoms with Gasteiger partial charge in [0.05, 0.1) is 5.02 Å². The Hall–Kier alpha value is -1.12. The molecule has 0 aliphatic carbocycles. The van der Waals surface area contributed by atoms with Gasteiger partial charge in [-0.15, -0.1) is 11.8 Å². The van der Waals surface area contributed by atoms with Crippen molar-refractivity contribution < 1.29 is 0 Å². The molecule has 2 rings (SSSR count). The van der Waals surface area contributed by atoms with Crippen molar-refractivity contribution in [3.63, 3.8) is 0 Å². The highest BCUT2D eigenvalue weighted by atomic mass is 35.5. The van der Waals surface area contributed by atoms with E-state index in [4.69, 9.17) is 17.3 Å². The Labute approximate surface area is 105 Å². The fraction of sp³-hybridized carbons (Fsp3) is 0.0769. The summed E-state index contributed by atoms with van der Waals surface area (Å²) in [6.07, 6.45) is 0. The van der Waals surface area contributed by atoms with Crippen molar-refractivity contribution in [2.24, 2.45) is 0 Å². The normalized spacial score (nSPS) is 10.3. The molecular weight excluding hydrogens is 238 g/mol.